The van der Waals surface area contributed by atoms with Crippen molar-refractivity contribution >= 4 is 0 Å². The number of ether oxygens (including phenoxy) is 3. The molecular weight excluding hydrogens is 208 g/mol. The summed E-state index contributed by atoms with van der Waals surface area (Å²) in [5.74, 6) is 0.814. The molecule has 1 aliphatic heterocycles. The van der Waals surface area contributed by atoms with Crippen LogP contribution >= 0.6 is 0 Å². The maximum absolute atomic E-state index is 8.80. The van der Waals surface area contributed by atoms with Gasteiger partial charge >= 0.3 is 0 Å². The number of aliphatic hydroxyl groups excluding tert-OH is 1. The molecule has 0 amide bonds. The summed E-state index contributed by atoms with van der Waals surface area (Å²) < 4.78 is 16.2. The van der Waals surface area contributed by atoms with Crippen molar-refractivity contribution in [3.05, 3.63) is 29.8 Å². The van der Waals surface area contributed by atoms with Crippen LogP contribution in [0.1, 0.15) is 18.3 Å². The lowest BCUT2D eigenvalue weighted by Gasteiger charge is -2.11. The molecule has 1 heterocycles. The van der Waals surface area contributed by atoms with Gasteiger partial charge in [0.1, 0.15) is 5.75 Å². The molecule has 88 valence electrons. The average molecular weight is 224 g/mol. The molecule has 1 unspecified atom stereocenters. The molecule has 1 aromatic rings. The van der Waals surface area contributed by atoms with E-state index < -0.39 is 0 Å². The second kappa shape index (κ2) is 5.30. The van der Waals surface area contributed by atoms with E-state index in [4.69, 9.17) is 19.3 Å². The Bertz CT molecular complexity index is 322. The molecule has 1 aromatic carbocycles. The zero-order valence-electron chi connectivity index (χ0n) is 9.26. The van der Waals surface area contributed by atoms with Crippen molar-refractivity contribution in [1.82, 2.24) is 0 Å². The van der Waals surface area contributed by atoms with Gasteiger partial charge in [-0.3, -0.25) is 0 Å². The monoisotopic (exact) mass is 224 g/mol. The molecule has 4 heteroatoms. The largest absolute Gasteiger partial charge is 0.497 e. The first kappa shape index (κ1) is 11.4. The van der Waals surface area contributed by atoms with Gasteiger partial charge in [-0.2, -0.15) is 0 Å². The van der Waals surface area contributed by atoms with E-state index in [0.29, 0.717) is 13.0 Å². The Labute approximate surface area is 94.8 Å². The maximum Gasteiger partial charge on any atom is 0.184 e. The number of hydrogen-bond donors (Lipinski definition) is 1. The van der Waals surface area contributed by atoms with Crippen LogP contribution < -0.4 is 4.74 Å². The topological polar surface area (TPSA) is 47.9 Å². The van der Waals surface area contributed by atoms with E-state index in [9.17, 15) is 0 Å². The van der Waals surface area contributed by atoms with Gasteiger partial charge in [-0.1, -0.05) is 12.1 Å². The van der Waals surface area contributed by atoms with Crippen molar-refractivity contribution in [3.8, 4) is 5.75 Å². The molecular formula is C12H16O4. The molecule has 1 N–H and O–H groups in total. The number of methoxy groups -OCH3 is 1. The third-order valence-corrected chi connectivity index (χ3v) is 2.59. The Hall–Kier alpha value is -1.10. The SMILES string of the molecule is COc1ccc(C2OC[C@@H](CCO)O2)cc1. The number of hydrogen-bond acceptors (Lipinski definition) is 4. The number of aliphatic hydroxyl groups is 1. The van der Waals surface area contributed by atoms with Crippen LogP contribution in [0.5, 0.6) is 5.75 Å². The molecule has 1 saturated heterocycles. The minimum Gasteiger partial charge on any atom is -0.497 e. The first-order valence-corrected chi connectivity index (χ1v) is 5.35. The number of benzene rings is 1. The Kier molecular flexibility index (Phi) is 3.77. The lowest BCUT2D eigenvalue weighted by atomic mass is 10.2. The fraction of sp³-hybridized carbons (Fsp3) is 0.500. The molecule has 0 spiro atoms. The average Bonchev–Trinajstić information content (AvgIpc) is 2.78. The van der Waals surface area contributed by atoms with Crippen LogP contribution in [-0.4, -0.2) is 31.5 Å². The van der Waals surface area contributed by atoms with Crippen molar-refractivity contribution in [2.75, 3.05) is 20.3 Å². The van der Waals surface area contributed by atoms with Crippen molar-refractivity contribution in [3.63, 3.8) is 0 Å². The van der Waals surface area contributed by atoms with E-state index in [2.05, 4.69) is 0 Å². The third kappa shape index (κ3) is 2.52. The molecule has 0 saturated carbocycles. The van der Waals surface area contributed by atoms with Gasteiger partial charge in [-0.25, -0.2) is 0 Å². The van der Waals surface area contributed by atoms with Crippen LogP contribution in [0.15, 0.2) is 24.3 Å². The van der Waals surface area contributed by atoms with E-state index in [-0.39, 0.29) is 19.0 Å². The molecule has 1 aliphatic rings. The fourth-order valence-electron chi connectivity index (χ4n) is 1.68. The first-order chi connectivity index (χ1) is 7.83. The van der Waals surface area contributed by atoms with Crippen LogP contribution in [-0.2, 0) is 9.47 Å². The molecule has 0 aromatic heterocycles. The Morgan fingerprint density at radius 1 is 1.38 bits per heavy atom. The second-order valence-electron chi connectivity index (χ2n) is 3.71. The molecule has 2 atom stereocenters. The second-order valence-corrected chi connectivity index (χ2v) is 3.71. The van der Waals surface area contributed by atoms with E-state index in [0.717, 1.165) is 11.3 Å². The normalized spacial score (nSPS) is 24.6. The zero-order valence-corrected chi connectivity index (χ0v) is 9.26. The summed E-state index contributed by atoms with van der Waals surface area (Å²) in [6.45, 7) is 0.667. The summed E-state index contributed by atoms with van der Waals surface area (Å²) in [5.41, 5.74) is 0.973. The zero-order chi connectivity index (χ0) is 11.4. The van der Waals surface area contributed by atoms with E-state index in [1.165, 1.54) is 0 Å². The summed E-state index contributed by atoms with van der Waals surface area (Å²) >= 11 is 0. The summed E-state index contributed by atoms with van der Waals surface area (Å²) in [4.78, 5) is 0. The highest BCUT2D eigenvalue weighted by Gasteiger charge is 2.26. The Morgan fingerprint density at radius 3 is 2.75 bits per heavy atom. The van der Waals surface area contributed by atoms with Crippen LogP contribution in [0.25, 0.3) is 0 Å². The van der Waals surface area contributed by atoms with Gasteiger partial charge in [0.25, 0.3) is 0 Å². The van der Waals surface area contributed by atoms with Crippen LogP contribution in [0.3, 0.4) is 0 Å². The quantitative estimate of drug-likeness (QED) is 0.841. The molecule has 1 fully saturated rings. The molecule has 0 bridgehead atoms. The highest BCUT2D eigenvalue weighted by atomic mass is 16.7. The van der Waals surface area contributed by atoms with Crippen molar-refractivity contribution in [2.24, 2.45) is 0 Å². The van der Waals surface area contributed by atoms with Gasteiger partial charge in [0.2, 0.25) is 0 Å². The summed E-state index contributed by atoms with van der Waals surface area (Å²) in [5, 5.41) is 8.80. The van der Waals surface area contributed by atoms with Gasteiger partial charge in [-0.05, 0) is 18.6 Å². The Morgan fingerprint density at radius 2 is 2.12 bits per heavy atom. The van der Waals surface area contributed by atoms with Gasteiger partial charge < -0.3 is 19.3 Å². The molecule has 0 aliphatic carbocycles. The highest BCUT2D eigenvalue weighted by Crippen LogP contribution is 2.28. The van der Waals surface area contributed by atoms with Gasteiger partial charge in [0.15, 0.2) is 6.29 Å². The summed E-state index contributed by atoms with van der Waals surface area (Å²) in [6, 6.07) is 7.60. The molecule has 4 nitrogen and oxygen atoms in total. The maximum atomic E-state index is 8.80. The minimum atomic E-state index is -0.317. The number of rotatable bonds is 4. The predicted octanol–water partition coefficient (Wildman–Crippen LogP) is 1.49. The van der Waals surface area contributed by atoms with E-state index in [1.807, 2.05) is 24.3 Å². The lowest BCUT2D eigenvalue weighted by molar-refractivity contribution is -0.0627. The molecule has 0 radical (unpaired) electrons. The highest BCUT2D eigenvalue weighted by molar-refractivity contribution is 5.28. The molecule has 2 rings (SSSR count). The van der Waals surface area contributed by atoms with Crippen molar-refractivity contribution < 1.29 is 19.3 Å². The summed E-state index contributed by atoms with van der Waals surface area (Å²) in [7, 11) is 1.63. The van der Waals surface area contributed by atoms with Crippen LogP contribution in [0, 0.1) is 0 Å². The summed E-state index contributed by atoms with van der Waals surface area (Å²) in [6.07, 6.45) is 0.298. The first-order valence-electron chi connectivity index (χ1n) is 5.35. The van der Waals surface area contributed by atoms with Crippen LogP contribution in [0.2, 0.25) is 0 Å². The van der Waals surface area contributed by atoms with Gasteiger partial charge in [-0.15, -0.1) is 0 Å². The third-order valence-electron chi connectivity index (χ3n) is 2.59. The lowest BCUT2D eigenvalue weighted by Crippen LogP contribution is -2.11. The standard InChI is InChI=1S/C12H16O4/c1-14-10-4-2-9(3-5-10)12-15-8-11(16-12)6-7-13/h2-5,11-13H,6-8H2,1H3/t11-,12?/m1/s1. The fourth-order valence-corrected chi connectivity index (χ4v) is 1.68. The predicted molar refractivity (Wildman–Crippen MR) is 58.3 cm³/mol. The smallest absolute Gasteiger partial charge is 0.184 e. The minimum absolute atomic E-state index is 0.00268. The molecule has 16 heavy (non-hydrogen) atoms. The van der Waals surface area contributed by atoms with Crippen LogP contribution in [0.4, 0.5) is 0 Å². The van der Waals surface area contributed by atoms with E-state index in [1.54, 1.807) is 7.11 Å². The van der Waals surface area contributed by atoms with Crippen molar-refractivity contribution in [2.45, 2.75) is 18.8 Å². The van der Waals surface area contributed by atoms with E-state index >= 15 is 0 Å². The van der Waals surface area contributed by atoms with Crippen molar-refractivity contribution in [1.29, 1.82) is 0 Å². The van der Waals surface area contributed by atoms with Gasteiger partial charge in [0.05, 0.1) is 19.8 Å². The Balaban J connectivity index is 1.97. The van der Waals surface area contributed by atoms with Gasteiger partial charge in [0, 0.05) is 12.2 Å².